The van der Waals surface area contributed by atoms with Crippen LogP contribution in [0, 0.1) is 5.82 Å². The molecule has 0 saturated carbocycles. The lowest BCUT2D eigenvalue weighted by Gasteiger charge is -2.16. The SMILES string of the molecule is O=C1C(=O)N(CCCCCCO)c2cc(F)ccc21. The van der Waals surface area contributed by atoms with Crippen molar-refractivity contribution >= 4 is 17.4 Å². The Labute approximate surface area is 110 Å². The molecule has 0 atom stereocenters. The summed E-state index contributed by atoms with van der Waals surface area (Å²) in [6.07, 6.45) is 3.21. The number of ketones is 1. The van der Waals surface area contributed by atoms with Crippen molar-refractivity contribution in [2.45, 2.75) is 25.7 Å². The number of rotatable bonds is 6. The molecule has 19 heavy (non-hydrogen) atoms. The summed E-state index contributed by atoms with van der Waals surface area (Å²) in [5.41, 5.74) is 0.652. The molecule has 0 unspecified atom stereocenters. The highest BCUT2D eigenvalue weighted by Crippen LogP contribution is 2.29. The van der Waals surface area contributed by atoms with E-state index in [0.29, 0.717) is 12.2 Å². The minimum Gasteiger partial charge on any atom is -0.396 e. The summed E-state index contributed by atoms with van der Waals surface area (Å²) in [5, 5.41) is 8.66. The largest absolute Gasteiger partial charge is 0.396 e. The Kier molecular flexibility index (Phi) is 4.27. The lowest BCUT2D eigenvalue weighted by molar-refractivity contribution is -0.114. The molecule has 1 heterocycles. The Balaban J connectivity index is 2.04. The van der Waals surface area contributed by atoms with Gasteiger partial charge in [0.25, 0.3) is 11.7 Å². The van der Waals surface area contributed by atoms with Crippen LogP contribution in [0.2, 0.25) is 0 Å². The average molecular weight is 265 g/mol. The van der Waals surface area contributed by atoms with Crippen LogP contribution >= 0.6 is 0 Å². The first-order valence-corrected chi connectivity index (χ1v) is 6.41. The summed E-state index contributed by atoms with van der Waals surface area (Å²) in [4.78, 5) is 24.9. The number of aliphatic hydroxyl groups is 1. The zero-order chi connectivity index (χ0) is 13.8. The molecule has 1 aromatic carbocycles. The minimum absolute atomic E-state index is 0.162. The molecule has 1 N–H and O–H groups in total. The van der Waals surface area contributed by atoms with Crippen molar-refractivity contribution in [1.29, 1.82) is 0 Å². The van der Waals surface area contributed by atoms with E-state index in [-0.39, 0.29) is 12.2 Å². The van der Waals surface area contributed by atoms with Gasteiger partial charge in [0.15, 0.2) is 0 Å². The molecule has 4 nitrogen and oxygen atoms in total. The van der Waals surface area contributed by atoms with E-state index in [1.165, 1.54) is 23.1 Å². The Bertz CT molecular complexity index is 501. The average Bonchev–Trinajstić information content (AvgIpc) is 2.63. The molecule has 5 heteroatoms. The van der Waals surface area contributed by atoms with E-state index < -0.39 is 17.5 Å². The number of anilines is 1. The zero-order valence-corrected chi connectivity index (χ0v) is 10.6. The third kappa shape index (κ3) is 2.81. The van der Waals surface area contributed by atoms with Crippen LogP contribution in [-0.2, 0) is 4.79 Å². The van der Waals surface area contributed by atoms with Crippen LogP contribution in [0.4, 0.5) is 10.1 Å². The van der Waals surface area contributed by atoms with E-state index in [1.54, 1.807) is 0 Å². The van der Waals surface area contributed by atoms with E-state index in [9.17, 15) is 14.0 Å². The van der Waals surface area contributed by atoms with Crippen molar-refractivity contribution in [2.24, 2.45) is 0 Å². The monoisotopic (exact) mass is 265 g/mol. The molecular weight excluding hydrogens is 249 g/mol. The van der Waals surface area contributed by atoms with E-state index >= 15 is 0 Å². The van der Waals surface area contributed by atoms with Gasteiger partial charge >= 0.3 is 0 Å². The molecule has 102 valence electrons. The zero-order valence-electron chi connectivity index (χ0n) is 10.6. The first-order chi connectivity index (χ1) is 9.15. The van der Waals surface area contributed by atoms with Gasteiger partial charge in [-0.1, -0.05) is 12.8 Å². The Morgan fingerprint density at radius 1 is 1.11 bits per heavy atom. The number of benzene rings is 1. The first kappa shape index (κ1) is 13.7. The predicted molar refractivity (Wildman–Crippen MR) is 68.6 cm³/mol. The van der Waals surface area contributed by atoms with E-state index in [4.69, 9.17) is 5.11 Å². The Hall–Kier alpha value is -1.75. The van der Waals surface area contributed by atoms with Gasteiger partial charge in [0.2, 0.25) is 0 Å². The fraction of sp³-hybridized carbons (Fsp3) is 0.429. The number of hydrogen-bond acceptors (Lipinski definition) is 3. The normalized spacial score (nSPS) is 14.1. The van der Waals surface area contributed by atoms with Crippen LogP contribution in [0.3, 0.4) is 0 Å². The van der Waals surface area contributed by atoms with Crippen molar-refractivity contribution in [1.82, 2.24) is 0 Å². The van der Waals surface area contributed by atoms with Crippen LogP contribution in [0.1, 0.15) is 36.0 Å². The van der Waals surface area contributed by atoms with Crippen LogP contribution in [-0.4, -0.2) is 29.9 Å². The smallest absolute Gasteiger partial charge is 0.299 e. The van der Waals surface area contributed by atoms with E-state index in [2.05, 4.69) is 0 Å². The summed E-state index contributed by atoms with van der Waals surface area (Å²) in [5.74, 6) is -1.60. The number of aliphatic hydroxyl groups excluding tert-OH is 1. The number of amides is 1. The molecule has 0 fully saturated rings. The fourth-order valence-electron chi connectivity index (χ4n) is 2.22. The summed E-state index contributed by atoms with van der Waals surface area (Å²) in [6, 6.07) is 3.78. The molecule has 0 saturated heterocycles. The van der Waals surface area contributed by atoms with Crippen LogP contribution in [0.25, 0.3) is 0 Å². The van der Waals surface area contributed by atoms with Crippen LogP contribution in [0.5, 0.6) is 0 Å². The topological polar surface area (TPSA) is 57.6 Å². The van der Waals surface area contributed by atoms with Gasteiger partial charge in [-0.3, -0.25) is 9.59 Å². The van der Waals surface area contributed by atoms with Gasteiger partial charge in [-0.25, -0.2) is 4.39 Å². The summed E-state index contributed by atoms with van der Waals surface area (Å²) < 4.78 is 13.2. The molecule has 0 aromatic heterocycles. The third-order valence-corrected chi connectivity index (χ3v) is 3.22. The van der Waals surface area contributed by atoms with Crippen molar-refractivity contribution in [3.05, 3.63) is 29.6 Å². The quantitative estimate of drug-likeness (QED) is 0.631. The number of Topliss-reactive ketones (excluding diaryl/α,β-unsaturated/α-hetero) is 1. The highest BCUT2D eigenvalue weighted by molar-refractivity contribution is 6.52. The molecule has 0 spiro atoms. The maximum atomic E-state index is 13.2. The van der Waals surface area contributed by atoms with Crippen molar-refractivity contribution < 1.29 is 19.1 Å². The van der Waals surface area contributed by atoms with Gasteiger partial charge in [0.1, 0.15) is 5.82 Å². The van der Waals surface area contributed by atoms with E-state index in [0.717, 1.165) is 25.7 Å². The highest BCUT2D eigenvalue weighted by Gasteiger charge is 2.35. The number of fused-ring (bicyclic) bond motifs is 1. The molecule has 1 aliphatic heterocycles. The highest BCUT2D eigenvalue weighted by atomic mass is 19.1. The third-order valence-electron chi connectivity index (χ3n) is 3.22. The number of carbonyl (C=O) groups excluding carboxylic acids is 2. The standard InChI is InChI=1S/C14H16FNO3/c15-10-5-6-11-12(9-10)16(14(19)13(11)18)7-3-1-2-4-8-17/h5-6,9,17H,1-4,7-8H2. The first-order valence-electron chi connectivity index (χ1n) is 6.41. The molecule has 0 bridgehead atoms. The summed E-state index contributed by atoms with van der Waals surface area (Å²) in [7, 11) is 0. The van der Waals surface area contributed by atoms with Crippen molar-refractivity contribution in [3.8, 4) is 0 Å². The second-order valence-corrected chi connectivity index (χ2v) is 4.59. The Morgan fingerprint density at radius 3 is 2.58 bits per heavy atom. The number of nitrogens with zero attached hydrogens (tertiary/aromatic N) is 1. The molecule has 0 aliphatic carbocycles. The lowest BCUT2D eigenvalue weighted by atomic mass is 10.1. The molecule has 2 rings (SSSR count). The fourth-order valence-corrected chi connectivity index (χ4v) is 2.22. The molecule has 1 aliphatic rings. The lowest BCUT2D eigenvalue weighted by Crippen LogP contribution is -2.30. The van der Waals surface area contributed by atoms with E-state index in [1.807, 2.05) is 0 Å². The van der Waals surface area contributed by atoms with Gasteiger partial charge in [-0.15, -0.1) is 0 Å². The maximum absolute atomic E-state index is 13.2. The van der Waals surface area contributed by atoms with Gasteiger partial charge in [-0.2, -0.15) is 0 Å². The number of halogens is 1. The van der Waals surface area contributed by atoms with Crippen LogP contribution in [0.15, 0.2) is 18.2 Å². The molecule has 0 radical (unpaired) electrons. The van der Waals surface area contributed by atoms with Gasteiger partial charge < -0.3 is 10.0 Å². The van der Waals surface area contributed by atoms with Gasteiger partial charge in [0, 0.05) is 13.2 Å². The minimum atomic E-state index is -0.581. The van der Waals surface area contributed by atoms with Gasteiger partial charge in [-0.05, 0) is 31.0 Å². The summed E-state index contributed by atoms with van der Waals surface area (Å²) >= 11 is 0. The number of hydrogen-bond donors (Lipinski definition) is 1. The predicted octanol–water partition coefficient (Wildman–Crippen LogP) is 1.91. The summed E-state index contributed by atoms with van der Waals surface area (Å²) in [6.45, 7) is 0.571. The maximum Gasteiger partial charge on any atom is 0.299 e. The second kappa shape index (κ2) is 5.93. The van der Waals surface area contributed by atoms with Gasteiger partial charge in [0.05, 0.1) is 11.3 Å². The van der Waals surface area contributed by atoms with Crippen molar-refractivity contribution in [3.63, 3.8) is 0 Å². The van der Waals surface area contributed by atoms with Crippen LogP contribution < -0.4 is 4.90 Å². The second-order valence-electron chi connectivity index (χ2n) is 4.59. The number of unbranched alkanes of at least 4 members (excludes halogenated alkanes) is 3. The molecule has 1 aromatic rings. The van der Waals surface area contributed by atoms with Crippen molar-refractivity contribution in [2.75, 3.05) is 18.1 Å². The molecule has 1 amide bonds. The molecular formula is C14H16FNO3. The number of carbonyl (C=O) groups is 2. The Morgan fingerprint density at radius 2 is 1.84 bits per heavy atom.